The normalized spacial score (nSPS) is 20.8. The summed E-state index contributed by atoms with van der Waals surface area (Å²) in [5.74, 6) is -1.09. The van der Waals surface area contributed by atoms with Crippen LogP contribution in [-0.2, 0) is 24.2 Å². The number of ketones is 1. The van der Waals surface area contributed by atoms with E-state index in [9.17, 15) is 22.8 Å². The lowest BCUT2D eigenvalue weighted by Crippen LogP contribution is -2.47. The Hall–Kier alpha value is -1.87. The molecule has 29 heavy (non-hydrogen) atoms. The van der Waals surface area contributed by atoms with Crippen molar-refractivity contribution in [3.8, 4) is 0 Å². The lowest BCUT2D eigenvalue weighted by Gasteiger charge is -2.23. The molecule has 1 saturated heterocycles. The van der Waals surface area contributed by atoms with Gasteiger partial charge < -0.3 is 10.1 Å². The number of ether oxygens (including phenoxy) is 1. The zero-order valence-corrected chi connectivity index (χ0v) is 18.7. The first-order valence-corrected chi connectivity index (χ1v) is 12.1. The second kappa shape index (κ2) is 8.87. The summed E-state index contributed by atoms with van der Waals surface area (Å²) < 4.78 is 28.5. The number of Topliss-reactive ketones (excluding diaryl/α,β-unsaturated/α-hetero) is 1. The fourth-order valence-electron chi connectivity index (χ4n) is 2.81. The van der Waals surface area contributed by atoms with Crippen LogP contribution in [0.15, 0.2) is 29.2 Å². The maximum atomic E-state index is 12.4. The number of sulfone groups is 1. The van der Waals surface area contributed by atoms with E-state index < -0.39 is 26.8 Å². The highest BCUT2D eigenvalue weighted by Crippen LogP contribution is 2.26. The molecule has 0 spiro atoms. The number of hydrogen-bond donors (Lipinski definition) is 1. The van der Waals surface area contributed by atoms with Gasteiger partial charge in [0.25, 0.3) is 0 Å². The number of carbonyl (C=O) groups excluding carboxylic acids is 3. The van der Waals surface area contributed by atoms with E-state index in [2.05, 4.69) is 5.32 Å². The van der Waals surface area contributed by atoms with Crippen molar-refractivity contribution in [3.05, 3.63) is 29.8 Å². The van der Waals surface area contributed by atoms with E-state index in [1.165, 1.54) is 0 Å². The summed E-state index contributed by atoms with van der Waals surface area (Å²) in [6, 6.07) is 6.69. The lowest BCUT2D eigenvalue weighted by atomic mass is 9.91. The highest BCUT2D eigenvalue weighted by atomic mass is 32.2. The Labute approximate surface area is 175 Å². The minimum atomic E-state index is -3.12. The summed E-state index contributed by atoms with van der Waals surface area (Å²) >= 11 is 1.16. The second-order valence-corrected chi connectivity index (χ2v) is 11.7. The number of benzene rings is 1. The summed E-state index contributed by atoms with van der Waals surface area (Å²) in [5.41, 5.74) is -1.08. The quantitative estimate of drug-likeness (QED) is 0.511. The van der Waals surface area contributed by atoms with E-state index in [1.54, 1.807) is 52.0 Å². The average Bonchev–Trinajstić information content (AvgIpc) is 2.89. The number of esters is 1. The van der Waals surface area contributed by atoms with Crippen LogP contribution in [0.1, 0.15) is 44.5 Å². The van der Waals surface area contributed by atoms with Crippen molar-refractivity contribution >= 4 is 39.3 Å². The van der Waals surface area contributed by atoms with Crippen molar-refractivity contribution in [1.82, 2.24) is 5.32 Å². The molecule has 0 bridgehead atoms. The van der Waals surface area contributed by atoms with Crippen LogP contribution < -0.4 is 5.32 Å². The molecule has 1 N–H and O–H groups in total. The molecule has 0 aliphatic carbocycles. The van der Waals surface area contributed by atoms with Crippen LogP contribution in [0.2, 0.25) is 0 Å². The lowest BCUT2D eigenvalue weighted by molar-refractivity contribution is -0.129. The Bertz CT molecular complexity index is 904. The zero-order valence-electron chi connectivity index (χ0n) is 17.1. The molecule has 0 aromatic heterocycles. The van der Waals surface area contributed by atoms with Crippen molar-refractivity contribution in [2.45, 2.75) is 44.6 Å². The Morgan fingerprint density at radius 2 is 1.86 bits per heavy atom. The second-order valence-electron chi connectivity index (χ2n) is 8.49. The van der Waals surface area contributed by atoms with E-state index in [4.69, 9.17) is 4.74 Å². The maximum Gasteiger partial charge on any atom is 0.339 e. The van der Waals surface area contributed by atoms with Gasteiger partial charge in [0.05, 0.1) is 28.4 Å². The molecule has 1 heterocycles. The Kier molecular flexibility index (Phi) is 7.16. The fourth-order valence-corrected chi connectivity index (χ4v) is 5.75. The molecule has 1 aromatic carbocycles. The molecule has 7 nitrogen and oxygen atoms in total. The predicted molar refractivity (Wildman–Crippen MR) is 112 cm³/mol. The average molecular weight is 442 g/mol. The molecule has 1 aliphatic heterocycles. The summed E-state index contributed by atoms with van der Waals surface area (Å²) in [4.78, 5) is 37.2. The highest BCUT2D eigenvalue weighted by Gasteiger charge is 2.39. The van der Waals surface area contributed by atoms with Gasteiger partial charge in [-0.15, -0.1) is 11.8 Å². The highest BCUT2D eigenvalue weighted by molar-refractivity contribution is 8.00. The largest absolute Gasteiger partial charge is 0.454 e. The molecule has 1 aromatic rings. The van der Waals surface area contributed by atoms with Crippen molar-refractivity contribution in [2.75, 3.05) is 23.9 Å². The van der Waals surface area contributed by atoms with Gasteiger partial charge in [-0.3, -0.25) is 9.59 Å². The number of amides is 1. The van der Waals surface area contributed by atoms with Gasteiger partial charge >= 0.3 is 5.97 Å². The fraction of sp³-hybridized carbons (Fsp3) is 0.550. The third-order valence-electron chi connectivity index (χ3n) is 4.58. The molecule has 0 radical (unpaired) electrons. The van der Waals surface area contributed by atoms with E-state index in [0.29, 0.717) is 11.3 Å². The number of thioether (sulfide) groups is 1. The topological polar surface area (TPSA) is 107 Å². The molecule has 1 aliphatic rings. The van der Waals surface area contributed by atoms with E-state index in [-0.39, 0.29) is 41.1 Å². The molecule has 0 saturated carbocycles. The van der Waals surface area contributed by atoms with Crippen LogP contribution in [0.5, 0.6) is 0 Å². The third-order valence-corrected chi connectivity index (χ3v) is 7.56. The van der Waals surface area contributed by atoms with Crippen molar-refractivity contribution in [2.24, 2.45) is 5.41 Å². The molecule has 9 heteroatoms. The summed E-state index contributed by atoms with van der Waals surface area (Å²) in [5, 5.41) is 2.79. The summed E-state index contributed by atoms with van der Waals surface area (Å²) in [6.07, 6.45) is 0.385. The zero-order chi connectivity index (χ0) is 21.9. The van der Waals surface area contributed by atoms with Gasteiger partial charge in [-0.2, -0.15) is 0 Å². The molecule has 1 fully saturated rings. The smallest absolute Gasteiger partial charge is 0.339 e. The van der Waals surface area contributed by atoms with Gasteiger partial charge in [0.2, 0.25) is 5.91 Å². The third kappa shape index (κ3) is 6.85. The van der Waals surface area contributed by atoms with Crippen LogP contribution >= 0.6 is 11.8 Å². The van der Waals surface area contributed by atoms with Gasteiger partial charge in [0.1, 0.15) is 0 Å². The van der Waals surface area contributed by atoms with Crippen LogP contribution in [0.3, 0.4) is 0 Å². The van der Waals surface area contributed by atoms with Crippen LogP contribution in [-0.4, -0.2) is 55.5 Å². The van der Waals surface area contributed by atoms with Gasteiger partial charge in [-0.05, 0) is 25.5 Å². The van der Waals surface area contributed by atoms with E-state index >= 15 is 0 Å². The molecular weight excluding hydrogens is 414 g/mol. The van der Waals surface area contributed by atoms with Crippen molar-refractivity contribution in [1.29, 1.82) is 0 Å². The minimum Gasteiger partial charge on any atom is -0.454 e. The van der Waals surface area contributed by atoms with Crippen molar-refractivity contribution in [3.63, 3.8) is 0 Å². The molecule has 1 atom stereocenters. The molecular formula is C20H27NO6S2. The number of nitrogens with one attached hydrogen (secondary N) is 1. The predicted octanol–water partition coefficient (Wildman–Crippen LogP) is 2.24. The molecule has 0 unspecified atom stereocenters. The van der Waals surface area contributed by atoms with Gasteiger partial charge in [-0.1, -0.05) is 32.9 Å². The first-order chi connectivity index (χ1) is 13.3. The van der Waals surface area contributed by atoms with Crippen molar-refractivity contribution < 1.29 is 27.5 Å². The Morgan fingerprint density at radius 3 is 2.45 bits per heavy atom. The van der Waals surface area contributed by atoms with Crippen LogP contribution in [0, 0.1) is 5.41 Å². The van der Waals surface area contributed by atoms with Crippen LogP contribution in [0.25, 0.3) is 0 Å². The van der Waals surface area contributed by atoms with Crippen LogP contribution in [0.4, 0.5) is 0 Å². The Balaban J connectivity index is 1.96. The Morgan fingerprint density at radius 1 is 1.21 bits per heavy atom. The first-order valence-electron chi connectivity index (χ1n) is 9.25. The monoisotopic (exact) mass is 441 g/mol. The molecule has 2 rings (SSSR count). The van der Waals surface area contributed by atoms with Gasteiger partial charge in [0.15, 0.2) is 22.2 Å². The first kappa shape index (κ1) is 23.4. The summed E-state index contributed by atoms with van der Waals surface area (Å²) in [6.45, 7) is 6.66. The summed E-state index contributed by atoms with van der Waals surface area (Å²) in [7, 11) is -3.12. The molecule has 160 valence electrons. The van der Waals surface area contributed by atoms with E-state index in [0.717, 1.165) is 11.8 Å². The number of rotatable bonds is 7. The van der Waals surface area contributed by atoms with Gasteiger partial charge in [-0.25, -0.2) is 13.2 Å². The number of carbonyl (C=O) groups is 3. The molecule has 1 amide bonds. The van der Waals surface area contributed by atoms with Gasteiger partial charge in [0, 0.05) is 10.3 Å². The maximum absolute atomic E-state index is 12.4. The minimum absolute atomic E-state index is 0.0286. The standard InChI is InChI=1S/C20H27NO6S2/c1-19(2,3)16(22)11-27-18(24)14-7-5-6-8-15(14)28-12-17(23)21-20(4)9-10-29(25,26)13-20/h5-8H,9-13H2,1-4H3,(H,21,23)/t20-/m1/s1. The SMILES string of the molecule is CC(C)(C)C(=O)COC(=O)c1ccccc1SCC(=O)N[C@]1(C)CCS(=O)(=O)C1. The number of hydrogen-bond acceptors (Lipinski definition) is 7. The van der Waals surface area contributed by atoms with E-state index in [1.807, 2.05) is 0 Å².